The van der Waals surface area contributed by atoms with Crippen molar-refractivity contribution in [2.75, 3.05) is 31.3 Å². The Kier molecular flexibility index (Phi) is 5.46. The quantitative estimate of drug-likeness (QED) is 0.801. The van der Waals surface area contributed by atoms with Gasteiger partial charge in [-0.1, -0.05) is 12.1 Å². The molecule has 0 spiro atoms. The monoisotopic (exact) mass is 385 g/mol. The van der Waals surface area contributed by atoms with Crippen LogP contribution >= 0.6 is 0 Å². The van der Waals surface area contributed by atoms with Crippen molar-refractivity contribution in [1.29, 1.82) is 0 Å². The van der Waals surface area contributed by atoms with Crippen molar-refractivity contribution < 1.29 is 19.1 Å². The molecule has 0 aromatic heterocycles. The summed E-state index contributed by atoms with van der Waals surface area (Å²) in [7, 11) is 0. The molecule has 2 saturated heterocycles. The van der Waals surface area contributed by atoms with Gasteiger partial charge < -0.3 is 14.4 Å². The summed E-state index contributed by atoms with van der Waals surface area (Å²) in [5.41, 5.74) is 3.24. The first-order valence-corrected chi connectivity index (χ1v) is 10.0. The Bertz CT molecular complexity index is 793. The Morgan fingerprint density at radius 1 is 1.11 bits per heavy atom. The van der Waals surface area contributed by atoms with Crippen molar-refractivity contribution >= 4 is 23.2 Å². The van der Waals surface area contributed by atoms with Crippen LogP contribution in [-0.4, -0.2) is 55.0 Å². The van der Waals surface area contributed by atoms with Crippen molar-refractivity contribution in [3.8, 4) is 0 Å². The van der Waals surface area contributed by atoms with E-state index < -0.39 is 0 Å². The zero-order valence-electron chi connectivity index (χ0n) is 16.5. The molecule has 4 rings (SSSR count). The summed E-state index contributed by atoms with van der Waals surface area (Å²) in [6.45, 7) is 6.58. The Morgan fingerprint density at radius 2 is 1.82 bits per heavy atom. The minimum Gasteiger partial charge on any atom is -0.350 e. The van der Waals surface area contributed by atoms with Crippen LogP contribution in [0.2, 0.25) is 0 Å². The van der Waals surface area contributed by atoms with Gasteiger partial charge in [-0.15, -0.1) is 0 Å². The number of nitrogens with zero attached hydrogens (tertiary/aromatic N) is 3. The van der Waals surface area contributed by atoms with Crippen molar-refractivity contribution in [1.82, 2.24) is 4.90 Å². The van der Waals surface area contributed by atoms with Crippen LogP contribution in [0.25, 0.3) is 0 Å². The first kappa shape index (κ1) is 19.1. The first-order chi connectivity index (χ1) is 13.5. The van der Waals surface area contributed by atoms with Crippen LogP contribution in [0, 0.1) is 19.8 Å². The van der Waals surface area contributed by atoms with Crippen LogP contribution in [0.15, 0.2) is 23.3 Å². The third-order valence-electron chi connectivity index (χ3n) is 5.73. The SMILES string of the molecule is Cc1ccc(C)c(N2N=C(C(=O)N3CCC(C4OCCO4)CC3)CCC2=O)c1. The van der Waals surface area contributed by atoms with E-state index >= 15 is 0 Å². The molecule has 3 aliphatic heterocycles. The lowest BCUT2D eigenvalue weighted by molar-refractivity contribution is -0.130. The van der Waals surface area contributed by atoms with Gasteiger partial charge in [0.25, 0.3) is 5.91 Å². The van der Waals surface area contributed by atoms with Gasteiger partial charge in [-0.3, -0.25) is 9.59 Å². The lowest BCUT2D eigenvalue weighted by atomic mass is 9.95. The normalized spacial score (nSPS) is 21.9. The first-order valence-electron chi connectivity index (χ1n) is 10.0. The number of piperidine rings is 1. The fourth-order valence-electron chi connectivity index (χ4n) is 4.05. The van der Waals surface area contributed by atoms with Crippen molar-refractivity contribution in [2.45, 2.75) is 45.8 Å². The predicted molar refractivity (Wildman–Crippen MR) is 105 cm³/mol. The molecular weight excluding hydrogens is 358 g/mol. The highest BCUT2D eigenvalue weighted by atomic mass is 16.7. The molecule has 0 radical (unpaired) electrons. The second kappa shape index (κ2) is 8.01. The molecule has 0 bridgehead atoms. The van der Waals surface area contributed by atoms with Crippen LogP contribution in [0.5, 0.6) is 0 Å². The van der Waals surface area contributed by atoms with E-state index in [-0.39, 0.29) is 18.1 Å². The predicted octanol–water partition coefficient (Wildman–Crippen LogP) is 2.40. The van der Waals surface area contributed by atoms with Crippen LogP contribution in [0.1, 0.15) is 36.8 Å². The van der Waals surface area contributed by atoms with Crippen LogP contribution in [-0.2, 0) is 19.1 Å². The maximum atomic E-state index is 13.0. The molecule has 150 valence electrons. The third-order valence-corrected chi connectivity index (χ3v) is 5.73. The van der Waals surface area contributed by atoms with E-state index in [1.54, 1.807) is 0 Å². The summed E-state index contributed by atoms with van der Waals surface area (Å²) in [6, 6.07) is 5.92. The molecule has 3 heterocycles. The van der Waals surface area contributed by atoms with E-state index in [1.165, 1.54) is 5.01 Å². The fourth-order valence-corrected chi connectivity index (χ4v) is 4.05. The molecule has 0 unspecified atom stereocenters. The summed E-state index contributed by atoms with van der Waals surface area (Å²) >= 11 is 0. The Labute approximate surface area is 165 Å². The zero-order chi connectivity index (χ0) is 19.7. The number of carbonyl (C=O) groups excluding carboxylic acids is 2. The molecule has 0 saturated carbocycles. The minimum atomic E-state index is -0.123. The van der Waals surface area contributed by atoms with Crippen molar-refractivity contribution in [3.05, 3.63) is 29.3 Å². The van der Waals surface area contributed by atoms with Crippen LogP contribution in [0.3, 0.4) is 0 Å². The van der Waals surface area contributed by atoms with Crippen LogP contribution in [0.4, 0.5) is 5.69 Å². The number of hydrogen-bond acceptors (Lipinski definition) is 5. The number of amides is 2. The number of anilines is 1. The van der Waals surface area contributed by atoms with Crippen LogP contribution < -0.4 is 5.01 Å². The molecule has 0 N–H and O–H groups in total. The summed E-state index contributed by atoms with van der Waals surface area (Å²) in [5.74, 6) is 0.210. The molecule has 7 nitrogen and oxygen atoms in total. The van der Waals surface area contributed by atoms with Gasteiger partial charge in [-0.05, 0) is 43.9 Å². The van der Waals surface area contributed by atoms with Gasteiger partial charge in [-0.25, -0.2) is 5.01 Å². The van der Waals surface area contributed by atoms with E-state index in [1.807, 2.05) is 36.9 Å². The molecular formula is C21H27N3O4. The molecule has 0 atom stereocenters. The lowest BCUT2D eigenvalue weighted by Crippen LogP contribution is -2.46. The molecule has 0 aliphatic carbocycles. The van der Waals surface area contributed by atoms with E-state index in [4.69, 9.17) is 9.47 Å². The Balaban J connectivity index is 1.46. The minimum absolute atomic E-state index is 0.0606. The van der Waals surface area contributed by atoms with Gasteiger partial charge >= 0.3 is 0 Å². The summed E-state index contributed by atoms with van der Waals surface area (Å²) < 4.78 is 11.2. The van der Waals surface area contributed by atoms with Gasteiger partial charge in [0, 0.05) is 31.8 Å². The molecule has 2 fully saturated rings. The molecule has 2 amide bonds. The molecule has 1 aromatic rings. The number of likely N-dealkylation sites (tertiary alicyclic amines) is 1. The highest BCUT2D eigenvalue weighted by Gasteiger charge is 2.34. The Hall–Kier alpha value is -2.25. The number of hydrazone groups is 1. The maximum Gasteiger partial charge on any atom is 0.270 e. The summed E-state index contributed by atoms with van der Waals surface area (Å²) in [5, 5.41) is 5.88. The van der Waals surface area contributed by atoms with E-state index in [0.29, 0.717) is 50.8 Å². The fraction of sp³-hybridized carbons (Fsp3) is 0.571. The number of aryl methyl sites for hydroxylation is 2. The van der Waals surface area contributed by atoms with E-state index in [2.05, 4.69) is 5.10 Å². The topological polar surface area (TPSA) is 71.4 Å². The third kappa shape index (κ3) is 3.82. The van der Waals surface area contributed by atoms with Crippen molar-refractivity contribution in [2.24, 2.45) is 11.0 Å². The van der Waals surface area contributed by atoms with E-state index in [0.717, 1.165) is 29.7 Å². The van der Waals surface area contributed by atoms with Crippen molar-refractivity contribution in [3.63, 3.8) is 0 Å². The number of benzene rings is 1. The molecule has 1 aromatic carbocycles. The molecule has 28 heavy (non-hydrogen) atoms. The van der Waals surface area contributed by atoms with Gasteiger partial charge in [0.2, 0.25) is 5.91 Å². The van der Waals surface area contributed by atoms with Gasteiger partial charge in [-0.2, -0.15) is 5.10 Å². The molecule has 3 aliphatic rings. The smallest absolute Gasteiger partial charge is 0.270 e. The molecule has 7 heteroatoms. The summed E-state index contributed by atoms with van der Waals surface area (Å²) in [6.07, 6.45) is 2.31. The number of ether oxygens (including phenoxy) is 2. The average Bonchev–Trinajstić information content (AvgIpc) is 3.25. The average molecular weight is 385 g/mol. The number of hydrogen-bond donors (Lipinski definition) is 0. The standard InChI is InChI=1S/C21H27N3O4/c1-14-3-4-15(2)18(13-14)24-19(25)6-5-17(22-24)20(26)23-9-7-16(8-10-23)21-27-11-12-28-21/h3-4,13,16,21H,5-12H2,1-2H3. The largest absolute Gasteiger partial charge is 0.350 e. The highest BCUT2D eigenvalue weighted by Crippen LogP contribution is 2.28. The lowest BCUT2D eigenvalue weighted by Gasteiger charge is -2.34. The zero-order valence-corrected chi connectivity index (χ0v) is 16.5. The highest BCUT2D eigenvalue weighted by molar-refractivity contribution is 6.40. The number of carbonyl (C=O) groups is 2. The number of rotatable bonds is 3. The van der Waals surface area contributed by atoms with E-state index in [9.17, 15) is 9.59 Å². The van der Waals surface area contributed by atoms with Gasteiger partial charge in [0.15, 0.2) is 6.29 Å². The maximum absolute atomic E-state index is 13.0. The van der Waals surface area contributed by atoms with Gasteiger partial charge in [0.05, 0.1) is 18.9 Å². The summed E-state index contributed by atoms with van der Waals surface area (Å²) in [4.78, 5) is 27.3. The Morgan fingerprint density at radius 3 is 2.54 bits per heavy atom. The second-order valence-electron chi connectivity index (χ2n) is 7.78. The second-order valence-corrected chi connectivity index (χ2v) is 7.78. The van der Waals surface area contributed by atoms with Gasteiger partial charge in [0.1, 0.15) is 5.71 Å².